The molecule has 0 N–H and O–H groups in total. The second-order valence-corrected chi connectivity index (χ2v) is 3.50. The van der Waals surface area contributed by atoms with Gasteiger partial charge in [-0.1, -0.05) is 25.7 Å². The standard InChI is InChI=1S/C4H8.C2H8O2Si/c1-2-4-3-1;1-3-5-4-2/h1-4H2;5H2,1-2H3. The molecule has 1 fully saturated rings. The molecule has 0 bridgehead atoms. The molecule has 1 saturated carbocycles. The predicted molar refractivity (Wildman–Crippen MR) is 41.0 cm³/mol. The maximum atomic E-state index is 4.61. The van der Waals surface area contributed by atoms with Crippen LogP contribution < -0.4 is 0 Å². The molecule has 3 heteroatoms. The van der Waals surface area contributed by atoms with Gasteiger partial charge in [-0.05, 0) is 0 Å². The minimum absolute atomic E-state index is 0.568. The molecule has 0 spiro atoms. The second kappa shape index (κ2) is 8.14. The fraction of sp³-hybridized carbons (Fsp3) is 1.00. The molecule has 0 radical (unpaired) electrons. The lowest BCUT2D eigenvalue weighted by Gasteiger charge is -2.05. The third-order valence-corrected chi connectivity index (χ3v) is 1.71. The third-order valence-electron chi connectivity index (χ3n) is 1.24. The van der Waals surface area contributed by atoms with E-state index >= 15 is 0 Å². The Balaban J connectivity index is 0.000000144. The molecule has 0 saturated heterocycles. The highest BCUT2D eigenvalue weighted by Crippen LogP contribution is 2.15. The van der Waals surface area contributed by atoms with Crippen LogP contribution >= 0.6 is 0 Å². The van der Waals surface area contributed by atoms with Gasteiger partial charge >= 0.3 is 10.0 Å². The second-order valence-electron chi connectivity index (χ2n) is 2.11. The van der Waals surface area contributed by atoms with Gasteiger partial charge in [-0.3, -0.25) is 0 Å². The molecular weight excluding hydrogens is 132 g/mol. The fourth-order valence-electron chi connectivity index (χ4n) is 0.368. The van der Waals surface area contributed by atoms with Crippen LogP contribution in [0.1, 0.15) is 25.7 Å². The van der Waals surface area contributed by atoms with Crippen molar-refractivity contribution in [2.24, 2.45) is 0 Å². The van der Waals surface area contributed by atoms with E-state index < -0.39 is 10.0 Å². The number of hydrogen-bond donors (Lipinski definition) is 0. The molecule has 1 rings (SSSR count). The highest BCUT2D eigenvalue weighted by molar-refractivity contribution is 6.17. The smallest absolute Gasteiger partial charge is 0.303 e. The Morgan fingerprint density at radius 3 is 1.22 bits per heavy atom. The Hall–Kier alpha value is 0.137. The summed E-state index contributed by atoms with van der Waals surface area (Å²) >= 11 is 0. The highest BCUT2D eigenvalue weighted by atomic mass is 28.3. The molecule has 0 aliphatic heterocycles. The molecule has 56 valence electrons. The Labute approximate surface area is 59.6 Å². The van der Waals surface area contributed by atoms with Gasteiger partial charge in [0.25, 0.3) is 0 Å². The van der Waals surface area contributed by atoms with E-state index in [4.69, 9.17) is 0 Å². The van der Waals surface area contributed by atoms with Crippen molar-refractivity contribution in [1.82, 2.24) is 0 Å². The Morgan fingerprint density at radius 1 is 0.889 bits per heavy atom. The van der Waals surface area contributed by atoms with Crippen molar-refractivity contribution in [3.05, 3.63) is 0 Å². The summed E-state index contributed by atoms with van der Waals surface area (Å²) in [7, 11) is 2.73. The SMILES string of the molecule is C1CCC1.CO[SiH2]OC. The molecule has 0 unspecified atom stereocenters. The summed E-state index contributed by atoms with van der Waals surface area (Å²) in [5, 5.41) is 0. The largest absolute Gasteiger partial charge is 0.402 e. The van der Waals surface area contributed by atoms with Crippen molar-refractivity contribution >= 4 is 10.0 Å². The van der Waals surface area contributed by atoms with Gasteiger partial charge in [0, 0.05) is 14.2 Å². The molecule has 2 nitrogen and oxygen atoms in total. The zero-order valence-corrected chi connectivity index (χ0v) is 7.77. The summed E-state index contributed by atoms with van der Waals surface area (Å²) < 4.78 is 9.22. The van der Waals surface area contributed by atoms with E-state index in [2.05, 4.69) is 8.85 Å². The van der Waals surface area contributed by atoms with Crippen molar-refractivity contribution in [2.45, 2.75) is 25.7 Å². The van der Waals surface area contributed by atoms with Gasteiger partial charge in [0.1, 0.15) is 0 Å². The van der Waals surface area contributed by atoms with Crippen LogP contribution in [0.25, 0.3) is 0 Å². The lowest BCUT2D eigenvalue weighted by Crippen LogP contribution is -1.93. The van der Waals surface area contributed by atoms with Crippen molar-refractivity contribution in [2.75, 3.05) is 14.2 Å². The normalized spacial score (nSPS) is 15.3. The van der Waals surface area contributed by atoms with Crippen molar-refractivity contribution < 1.29 is 8.85 Å². The molecule has 0 aromatic rings. The van der Waals surface area contributed by atoms with Crippen LogP contribution in [-0.4, -0.2) is 24.2 Å². The average Bonchev–Trinajstić information content (AvgIpc) is 1.63. The molecule has 0 aromatic heterocycles. The molecule has 1 aliphatic rings. The maximum absolute atomic E-state index is 4.61. The van der Waals surface area contributed by atoms with E-state index in [1.54, 1.807) is 14.2 Å². The van der Waals surface area contributed by atoms with Gasteiger partial charge in [0.05, 0.1) is 0 Å². The zero-order valence-electron chi connectivity index (χ0n) is 6.35. The van der Waals surface area contributed by atoms with E-state index in [-0.39, 0.29) is 0 Å². The molecule has 9 heavy (non-hydrogen) atoms. The number of hydrogen-bond acceptors (Lipinski definition) is 2. The molecule has 0 atom stereocenters. The monoisotopic (exact) mass is 148 g/mol. The highest BCUT2D eigenvalue weighted by Gasteiger charge is 1.95. The Bertz CT molecular complexity index is 40.3. The molecule has 0 heterocycles. The predicted octanol–water partition coefficient (Wildman–Crippen LogP) is 0.838. The van der Waals surface area contributed by atoms with Crippen molar-refractivity contribution in [1.29, 1.82) is 0 Å². The summed E-state index contributed by atoms with van der Waals surface area (Å²) in [4.78, 5) is 0. The van der Waals surface area contributed by atoms with Crippen LogP contribution in [0.5, 0.6) is 0 Å². The van der Waals surface area contributed by atoms with Crippen LogP contribution in [0.4, 0.5) is 0 Å². The lowest BCUT2D eigenvalue weighted by molar-refractivity contribution is 0.309. The van der Waals surface area contributed by atoms with E-state index in [1.807, 2.05) is 0 Å². The Kier molecular flexibility index (Phi) is 8.26. The van der Waals surface area contributed by atoms with E-state index in [0.29, 0.717) is 0 Å². The summed E-state index contributed by atoms with van der Waals surface area (Å²) in [6.45, 7) is 0. The van der Waals surface area contributed by atoms with Crippen LogP contribution in [0.15, 0.2) is 0 Å². The maximum Gasteiger partial charge on any atom is 0.303 e. The quantitative estimate of drug-likeness (QED) is 0.540. The van der Waals surface area contributed by atoms with Crippen LogP contribution in [0.2, 0.25) is 0 Å². The van der Waals surface area contributed by atoms with E-state index in [0.717, 1.165) is 0 Å². The topological polar surface area (TPSA) is 18.5 Å². The van der Waals surface area contributed by atoms with Gasteiger partial charge in [0.2, 0.25) is 0 Å². The first kappa shape index (κ1) is 9.14. The van der Waals surface area contributed by atoms with Crippen molar-refractivity contribution in [3.8, 4) is 0 Å². The molecule has 0 amide bonds. The first-order chi connectivity index (χ1) is 4.41. The summed E-state index contributed by atoms with van der Waals surface area (Å²) in [5.74, 6) is 0. The van der Waals surface area contributed by atoms with Crippen molar-refractivity contribution in [3.63, 3.8) is 0 Å². The fourth-order valence-corrected chi connectivity index (χ4v) is 0.604. The van der Waals surface area contributed by atoms with E-state index in [1.165, 1.54) is 25.7 Å². The van der Waals surface area contributed by atoms with Gasteiger partial charge < -0.3 is 8.85 Å². The third kappa shape index (κ3) is 8.14. The minimum atomic E-state index is -0.568. The first-order valence-electron chi connectivity index (χ1n) is 3.39. The zero-order chi connectivity index (χ0) is 6.95. The molecule has 0 aromatic carbocycles. The molecular formula is C6H16O2Si. The van der Waals surface area contributed by atoms with Crippen LogP contribution in [0, 0.1) is 0 Å². The van der Waals surface area contributed by atoms with Gasteiger partial charge in [0.15, 0.2) is 0 Å². The number of rotatable bonds is 2. The summed E-state index contributed by atoms with van der Waals surface area (Å²) in [5.41, 5.74) is 0. The average molecular weight is 148 g/mol. The summed E-state index contributed by atoms with van der Waals surface area (Å²) in [6, 6.07) is 0. The van der Waals surface area contributed by atoms with Crippen LogP contribution in [-0.2, 0) is 8.85 Å². The van der Waals surface area contributed by atoms with Gasteiger partial charge in [-0.2, -0.15) is 0 Å². The first-order valence-corrected chi connectivity index (χ1v) is 4.55. The summed E-state index contributed by atoms with van der Waals surface area (Å²) in [6.07, 6.45) is 6.00. The lowest BCUT2D eigenvalue weighted by atomic mass is 10.0. The minimum Gasteiger partial charge on any atom is -0.402 e. The van der Waals surface area contributed by atoms with E-state index in [9.17, 15) is 0 Å². The molecule has 1 aliphatic carbocycles. The Morgan fingerprint density at radius 2 is 1.22 bits per heavy atom. The van der Waals surface area contributed by atoms with Gasteiger partial charge in [-0.15, -0.1) is 0 Å². The van der Waals surface area contributed by atoms with Gasteiger partial charge in [-0.25, -0.2) is 0 Å². The van der Waals surface area contributed by atoms with Crippen LogP contribution in [0.3, 0.4) is 0 Å².